The largest absolute Gasteiger partial charge is 0.493 e. The lowest BCUT2D eigenvalue weighted by Gasteiger charge is -2.19. The van der Waals surface area contributed by atoms with Crippen molar-refractivity contribution in [3.8, 4) is 28.4 Å². The maximum absolute atomic E-state index is 13.6. The second kappa shape index (κ2) is 17.2. The van der Waals surface area contributed by atoms with Gasteiger partial charge < -0.3 is 30.2 Å². The van der Waals surface area contributed by atoms with E-state index in [1.54, 1.807) is 62.6 Å². The van der Waals surface area contributed by atoms with Crippen LogP contribution < -0.4 is 41.1 Å². The van der Waals surface area contributed by atoms with Crippen LogP contribution in [0.1, 0.15) is 76.5 Å². The van der Waals surface area contributed by atoms with Gasteiger partial charge in [0.1, 0.15) is 0 Å². The minimum Gasteiger partial charge on any atom is -0.493 e. The molecule has 4 aromatic rings. The van der Waals surface area contributed by atoms with Crippen LogP contribution in [0.5, 0.6) is 17.2 Å². The van der Waals surface area contributed by atoms with Crippen molar-refractivity contribution in [2.24, 2.45) is 5.92 Å². The van der Waals surface area contributed by atoms with Gasteiger partial charge in [0, 0.05) is 37.7 Å². The fraction of sp³-hybridized carbons (Fsp3) is 0.425. The standard InChI is InChI=1S/C40H49N5O7/c1-24(2)17-19-45-23-42-31-15-12-27(21-30(31)40(45)49)44-36(48)10-8-7-9-18-41-33-16-13-28-29(22-34(33)47)32(43-25(3)46)14-11-26-20-35(50-4)38(51-5)39(52-6)37(26)28/h12-13,15-16,20-24,32H,7-11,14,17-19H2,1-6H3,(H,41,47)(H,43,46)(H,44,48). The predicted molar refractivity (Wildman–Crippen MR) is 204 cm³/mol. The van der Waals surface area contributed by atoms with E-state index in [0.29, 0.717) is 89.8 Å². The molecule has 0 spiro atoms. The van der Waals surface area contributed by atoms with Gasteiger partial charge in [-0.25, -0.2) is 4.98 Å². The molecule has 3 N–H and O–H groups in total. The Labute approximate surface area is 303 Å². The van der Waals surface area contributed by atoms with Crippen LogP contribution in [-0.4, -0.2) is 49.2 Å². The maximum atomic E-state index is 13.6. The lowest BCUT2D eigenvalue weighted by Crippen LogP contribution is -2.26. The van der Waals surface area contributed by atoms with Crippen molar-refractivity contribution in [2.75, 3.05) is 38.5 Å². The van der Waals surface area contributed by atoms with Gasteiger partial charge in [0.05, 0.1) is 50.3 Å². The number of fused-ring (bicyclic) bond motifs is 4. The monoisotopic (exact) mass is 711 g/mol. The zero-order valence-electron chi connectivity index (χ0n) is 30.9. The molecule has 0 fully saturated rings. The molecular weight excluding hydrogens is 662 g/mol. The van der Waals surface area contributed by atoms with Gasteiger partial charge >= 0.3 is 0 Å². The number of nitrogens with zero attached hydrogens (tertiary/aromatic N) is 2. The number of nitrogens with one attached hydrogen (secondary N) is 3. The Balaban J connectivity index is 1.23. The first-order valence-corrected chi connectivity index (χ1v) is 17.8. The first-order valence-electron chi connectivity index (χ1n) is 17.8. The molecule has 2 amide bonds. The molecule has 0 saturated heterocycles. The number of methoxy groups -OCH3 is 3. The van der Waals surface area contributed by atoms with Crippen LogP contribution in [0.15, 0.2) is 58.4 Å². The summed E-state index contributed by atoms with van der Waals surface area (Å²) in [5, 5.41) is 9.69. The summed E-state index contributed by atoms with van der Waals surface area (Å²) in [7, 11) is 4.69. The van der Waals surface area contributed by atoms with Gasteiger partial charge in [0.25, 0.3) is 5.56 Å². The highest BCUT2D eigenvalue weighted by Crippen LogP contribution is 2.50. The number of hydrogen-bond acceptors (Lipinski definition) is 9. The fourth-order valence-corrected chi connectivity index (χ4v) is 6.68. The molecule has 12 nitrogen and oxygen atoms in total. The van der Waals surface area contributed by atoms with E-state index in [1.807, 2.05) is 12.1 Å². The van der Waals surface area contributed by atoms with Crippen LogP contribution in [0.4, 0.5) is 11.4 Å². The predicted octanol–water partition coefficient (Wildman–Crippen LogP) is 6.23. The molecule has 1 aromatic heterocycles. The van der Waals surface area contributed by atoms with Gasteiger partial charge in [0.15, 0.2) is 11.5 Å². The quantitative estimate of drug-likeness (QED) is 0.122. The molecular formula is C40H49N5O7. The van der Waals surface area contributed by atoms with E-state index in [1.165, 1.54) is 6.92 Å². The molecule has 0 bridgehead atoms. The Morgan fingerprint density at radius 2 is 1.75 bits per heavy atom. The Hall–Kier alpha value is -5.39. The van der Waals surface area contributed by atoms with Crippen molar-refractivity contribution in [3.05, 3.63) is 80.5 Å². The SMILES string of the molecule is COc1cc2c(c(OC)c1OC)-c1ccc(NCCCCCC(=O)Nc3ccc4ncn(CCC(C)C)c(=O)c4c3)c(=O)cc1C(NC(C)=O)CC2. The molecule has 0 saturated carbocycles. The number of benzene rings is 2. The average molecular weight is 712 g/mol. The minimum absolute atomic E-state index is 0.115. The molecule has 3 aromatic carbocycles. The van der Waals surface area contributed by atoms with Crippen LogP contribution in [0.3, 0.4) is 0 Å². The Morgan fingerprint density at radius 3 is 2.46 bits per heavy atom. The fourth-order valence-electron chi connectivity index (χ4n) is 6.68. The number of rotatable bonds is 15. The number of amides is 2. The molecule has 0 radical (unpaired) electrons. The van der Waals surface area contributed by atoms with Crippen LogP contribution in [0.25, 0.3) is 22.0 Å². The van der Waals surface area contributed by atoms with Crippen molar-refractivity contribution in [1.29, 1.82) is 0 Å². The Morgan fingerprint density at radius 1 is 0.962 bits per heavy atom. The summed E-state index contributed by atoms with van der Waals surface area (Å²) in [4.78, 5) is 55.9. The maximum Gasteiger partial charge on any atom is 0.261 e. The summed E-state index contributed by atoms with van der Waals surface area (Å²) in [6.07, 6.45) is 6.14. The van der Waals surface area contributed by atoms with Crippen molar-refractivity contribution in [1.82, 2.24) is 14.9 Å². The second-order valence-corrected chi connectivity index (χ2v) is 13.5. The van der Waals surface area contributed by atoms with E-state index in [9.17, 15) is 19.2 Å². The molecule has 1 unspecified atom stereocenters. The van der Waals surface area contributed by atoms with E-state index < -0.39 is 0 Å². The van der Waals surface area contributed by atoms with Gasteiger partial charge in [-0.2, -0.15) is 0 Å². The number of anilines is 2. The van der Waals surface area contributed by atoms with E-state index in [2.05, 4.69) is 34.8 Å². The zero-order valence-corrected chi connectivity index (χ0v) is 30.9. The smallest absolute Gasteiger partial charge is 0.261 e. The number of unbranched alkanes of at least 4 members (excludes halogenated alkanes) is 2. The zero-order chi connectivity index (χ0) is 37.4. The number of aryl methyl sites for hydroxylation is 2. The van der Waals surface area contributed by atoms with Gasteiger partial charge in [-0.15, -0.1) is 0 Å². The number of ether oxygens (including phenoxy) is 3. The highest BCUT2D eigenvalue weighted by molar-refractivity contribution is 5.93. The number of carbonyl (C=O) groups excluding carboxylic acids is 2. The number of carbonyl (C=O) groups is 2. The number of hydrogen-bond donors (Lipinski definition) is 3. The Bertz CT molecular complexity index is 2060. The molecule has 276 valence electrons. The topological polar surface area (TPSA) is 150 Å². The van der Waals surface area contributed by atoms with Crippen LogP contribution in [0.2, 0.25) is 0 Å². The van der Waals surface area contributed by atoms with E-state index in [0.717, 1.165) is 36.0 Å². The highest BCUT2D eigenvalue weighted by atomic mass is 16.5. The van der Waals surface area contributed by atoms with Crippen molar-refractivity contribution >= 4 is 34.1 Å². The first-order chi connectivity index (χ1) is 25.0. The van der Waals surface area contributed by atoms with Crippen molar-refractivity contribution in [3.63, 3.8) is 0 Å². The van der Waals surface area contributed by atoms with Crippen LogP contribution in [-0.2, 0) is 22.6 Å². The van der Waals surface area contributed by atoms with Crippen LogP contribution >= 0.6 is 0 Å². The minimum atomic E-state index is -0.389. The van der Waals surface area contributed by atoms with Crippen LogP contribution in [0, 0.1) is 5.92 Å². The summed E-state index contributed by atoms with van der Waals surface area (Å²) in [5.41, 5.74) is 4.49. The summed E-state index contributed by atoms with van der Waals surface area (Å²) < 4.78 is 18.8. The lowest BCUT2D eigenvalue weighted by molar-refractivity contribution is -0.119. The molecule has 1 atom stereocenters. The third-order valence-electron chi connectivity index (χ3n) is 9.37. The van der Waals surface area contributed by atoms with E-state index in [4.69, 9.17) is 14.2 Å². The summed E-state index contributed by atoms with van der Waals surface area (Å²) in [6, 6.07) is 12.0. The number of aromatic nitrogens is 2. The summed E-state index contributed by atoms with van der Waals surface area (Å²) in [5.74, 6) is 1.63. The molecule has 0 aliphatic heterocycles. The average Bonchev–Trinajstić information content (AvgIpc) is 3.36. The van der Waals surface area contributed by atoms with Crippen molar-refractivity contribution < 1.29 is 23.8 Å². The second-order valence-electron chi connectivity index (χ2n) is 13.5. The molecule has 5 rings (SSSR count). The highest BCUT2D eigenvalue weighted by Gasteiger charge is 2.29. The van der Waals surface area contributed by atoms with Crippen molar-refractivity contribution in [2.45, 2.75) is 78.3 Å². The third-order valence-corrected chi connectivity index (χ3v) is 9.37. The lowest BCUT2D eigenvalue weighted by atomic mass is 9.95. The summed E-state index contributed by atoms with van der Waals surface area (Å²) in [6.45, 7) is 6.82. The molecule has 12 heteroatoms. The van der Waals surface area contributed by atoms with Gasteiger partial charge in [-0.05, 0) is 91.1 Å². The summed E-state index contributed by atoms with van der Waals surface area (Å²) >= 11 is 0. The van der Waals surface area contributed by atoms with E-state index in [-0.39, 0.29) is 28.8 Å². The van der Waals surface area contributed by atoms with Gasteiger partial charge in [-0.3, -0.25) is 23.7 Å². The Kier molecular flexibility index (Phi) is 12.5. The molecule has 1 heterocycles. The van der Waals surface area contributed by atoms with E-state index >= 15 is 0 Å². The third kappa shape index (κ3) is 8.72. The molecule has 1 aliphatic rings. The van der Waals surface area contributed by atoms with Gasteiger partial charge in [-0.1, -0.05) is 26.3 Å². The van der Waals surface area contributed by atoms with Gasteiger partial charge in [0.2, 0.25) is 23.0 Å². The molecule has 52 heavy (non-hydrogen) atoms. The molecule has 1 aliphatic carbocycles. The normalized spacial score (nSPS) is 13.5. The first kappa shape index (κ1) is 37.9.